The number of nitrogens with one attached hydrogen (secondary N) is 1. The molecule has 0 bridgehead atoms. The molecule has 0 radical (unpaired) electrons. The van der Waals surface area contributed by atoms with Crippen LogP contribution < -0.4 is 10.1 Å². The molecule has 0 unspecified atom stereocenters. The number of carbonyl (C=O) groups excluding carboxylic acids is 2. The summed E-state index contributed by atoms with van der Waals surface area (Å²) in [5.74, 6) is -0.704. The Bertz CT molecular complexity index is 1160. The van der Waals surface area contributed by atoms with Gasteiger partial charge in [-0.25, -0.2) is 4.98 Å². The number of alkyl halides is 2. The highest BCUT2D eigenvalue weighted by molar-refractivity contribution is 7.21. The maximum absolute atomic E-state index is 13.3. The van der Waals surface area contributed by atoms with E-state index in [1.165, 1.54) is 35.6 Å². The number of aromatic nitrogens is 1. The number of carbonyl (C=O) groups is 2. The van der Waals surface area contributed by atoms with Crippen LogP contribution in [0.2, 0.25) is 0 Å². The quantitative estimate of drug-likeness (QED) is 0.615. The fourth-order valence-corrected chi connectivity index (χ4v) is 4.81. The second kappa shape index (κ2) is 9.17. The number of pyridine rings is 1. The lowest BCUT2D eigenvalue weighted by atomic mass is 10.1. The van der Waals surface area contributed by atoms with E-state index in [1.54, 1.807) is 4.90 Å². The van der Waals surface area contributed by atoms with Crippen molar-refractivity contribution in [3.05, 3.63) is 52.0 Å². The molecule has 0 aliphatic carbocycles. The van der Waals surface area contributed by atoms with Crippen molar-refractivity contribution in [3.63, 3.8) is 0 Å². The molecular weight excluding hydrogens is 440 g/mol. The Morgan fingerprint density at radius 3 is 2.53 bits per heavy atom. The third-order valence-electron chi connectivity index (χ3n) is 5.06. The Hall–Kier alpha value is -3.11. The van der Waals surface area contributed by atoms with Crippen molar-refractivity contribution in [1.82, 2.24) is 9.88 Å². The summed E-state index contributed by atoms with van der Waals surface area (Å²) in [6.45, 7) is 2.69. The normalized spacial score (nSPS) is 14.1. The fourth-order valence-electron chi connectivity index (χ4n) is 3.60. The van der Waals surface area contributed by atoms with Crippen LogP contribution in [0.3, 0.4) is 0 Å². The maximum atomic E-state index is 13.3. The number of amides is 2. The second-order valence-corrected chi connectivity index (χ2v) is 8.33. The molecule has 3 heterocycles. The highest BCUT2D eigenvalue weighted by Crippen LogP contribution is 2.38. The van der Waals surface area contributed by atoms with E-state index in [2.05, 4.69) is 15.0 Å². The van der Waals surface area contributed by atoms with Crippen molar-refractivity contribution >= 4 is 39.1 Å². The molecule has 1 aliphatic rings. The summed E-state index contributed by atoms with van der Waals surface area (Å²) in [6, 6.07) is 7.26. The highest BCUT2D eigenvalue weighted by atomic mass is 32.1. The Balaban J connectivity index is 1.69. The van der Waals surface area contributed by atoms with Crippen LogP contribution in [-0.2, 0) is 4.74 Å². The first-order valence-corrected chi connectivity index (χ1v) is 10.8. The summed E-state index contributed by atoms with van der Waals surface area (Å²) in [4.78, 5) is 33.5. The number of aryl methyl sites for hydroxylation is 2. The van der Waals surface area contributed by atoms with Gasteiger partial charge in [0.05, 0.1) is 18.9 Å². The number of thiophene rings is 1. The molecule has 0 spiro atoms. The molecule has 1 saturated heterocycles. The van der Waals surface area contributed by atoms with Crippen molar-refractivity contribution in [2.75, 3.05) is 31.6 Å². The Morgan fingerprint density at radius 2 is 1.88 bits per heavy atom. The minimum absolute atomic E-state index is 0.0452. The molecule has 1 fully saturated rings. The van der Waals surface area contributed by atoms with Crippen LogP contribution in [0.15, 0.2) is 30.3 Å². The number of rotatable bonds is 5. The number of hydrogen-bond donors (Lipinski definition) is 1. The van der Waals surface area contributed by atoms with Gasteiger partial charge < -0.3 is 19.7 Å². The van der Waals surface area contributed by atoms with E-state index in [9.17, 15) is 18.4 Å². The minimum atomic E-state index is -2.94. The molecule has 10 heteroatoms. The zero-order chi connectivity index (χ0) is 22.8. The van der Waals surface area contributed by atoms with Crippen LogP contribution >= 0.6 is 11.3 Å². The summed E-state index contributed by atoms with van der Waals surface area (Å²) in [7, 11) is 0. The van der Waals surface area contributed by atoms with Crippen molar-refractivity contribution in [2.24, 2.45) is 0 Å². The largest absolute Gasteiger partial charge is 0.435 e. The third kappa shape index (κ3) is 4.56. The zero-order valence-electron chi connectivity index (χ0n) is 17.5. The Morgan fingerprint density at radius 1 is 1.19 bits per heavy atom. The molecule has 1 aromatic carbocycles. The topological polar surface area (TPSA) is 80.8 Å². The summed E-state index contributed by atoms with van der Waals surface area (Å²) >= 11 is 1.24. The van der Waals surface area contributed by atoms with Gasteiger partial charge >= 0.3 is 6.61 Å². The number of hydrogen-bond acceptors (Lipinski definition) is 6. The van der Waals surface area contributed by atoms with Crippen LogP contribution in [0.25, 0.3) is 10.2 Å². The third-order valence-corrected chi connectivity index (χ3v) is 6.13. The zero-order valence-corrected chi connectivity index (χ0v) is 18.3. The van der Waals surface area contributed by atoms with Crippen molar-refractivity contribution in [3.8, 4) is 5.75 Å². The van der Waals surface area contributed by atoms with Gasteiger partial charge in [-0.05, 0) is 49.7 Å². The molecule has 1 N–H and O–H groups in total. The van der Waals surface area contributed by atoms with Crippen molar-refractivity contribution < 1.29 is 27.8 Å². The second-order valence-electron chi connectivity index (χ2n) is 7.33. The highest BCUT2D eigenvalue weighted by Gasteiger charge is 2.27. The van der Waals surface area contributed by atoms with E-state index in [0.717, 1.165) is 11.3 Å². The fraction of sp³-hybridized carbons (Fsp3) is 0.318. The van der Waals surface area contributed by atoms with Gasteiger partial charge in [0.1, 0.15) is 15.5 Å². The molecule has 4 rings (SSSR count). The standard InChI is InChI=1S/C22H21F2N3O4S/c1-12-11-13(2)25-20-16(12)17(18(32-20)21(29)27-7-9-30-10-8-27)26-19(28)14-3-5-15(6-4-14)31-22(23)24/h3-6,11,22H,7-10H2,1-2H3,(H,26,28). The number of benzene rings is 1. The van der Waals surface area contributed by atoms with E-state index in [1.807, 2.05) is 19.9 Å². The predicted molar refractivity (Wildman–Crippen MR) is 117 cm³/mol. The van der Waals surface area contributed by atoms with Crippen LogP contribution in [0.1, 0.15) is 31.3 Å². The predicted octanol–water partition coefficient (Wildman–Crippen LogP) is 4.24. The Kier molecular flexibility index (Phi) is 6.33. The molecule has 3 aromatic rings. The van der Waals surface area contributed by atoms with Crippen LogP contribution in [-0.4, -0.2) is 54.6 Å². The molecular formula is C22H21F2N3O4S. The lowest BCUT2D eigenvalue weighted by molar-refractivity contribution is -0.0498. The Labute approximate surface area is 186 Å². The lowest BCUT2D eigenvalue weighted by Crippen LogP contribution is -2.40. The molecule has 0 atom stereocenters. The van der Waals surface area contributed by atoms with E-state index < -0.39 is 12.5 Å². The van der Waals surface area contributed by atoms with Crippen molar-refractivity contribution in [2.45, 2.75) is 20.5 Å². The van der Waals surface area contributed by atoms with Crippen LogP contribution in [0, 0.1) is 13.8 Å². The van der Waals surface area contributed by atoms with Crippen LogP contribution in [0.5, 0.6) is 5.75 Å². The lowest BCUT2D eigenvalue weighted by Gasteiger charge is -2.26. The first-order valence-electron chi connectivity index (χ1n) is 9.97. The van der Waals surface area contributed by atoms with Gasteiger partial charge in [0.25, 0.3) is 11.8 Å². The summed E-state index contributed by atoms with van der Waals surface area (Å²) in [5, 5.41) is 3.57. The monoisotopic (exact) mass is 461 g/mol. The van der Waals surface area contributed by atoms with Gasteiger partial charge in [-0.2, -0.15) is 8.78 Å². The van der Waals surface area contributed by atoms with E-state index in [4.69, 9.17) is 4.74 Å². The molecule has 1 aliphatic heterocycles. The smallest absolute Gasteiger partial charge is 0.387 e. The molecule has 7 nitrogen and oxygen atoms in total. The maximum Gasteiger partial charge on any atom is 0.387 e. The minimum Gasteiger partial charge on any atom is -0.435 e. The van der Waals surface area contributed by atoms with Gasteiger partial charge in [0.2, 0.25) is 0 Å². The van der Waals surface area contributed by atoms with Gasteiger partial charge in [-0.1, -0.05) is 0 Å². The molecule has 168 valence electrons. The average Bonchev–Trinajstić information content (AvgIpc) is 3.12. The van der Waals surface area contributed by atoms with Gasteiger partial charge in [-0.3, -0.25) is 9.59 Å². The first kappa shape index (κ1) is 22.1. The summed E-state index contributed by atoms with van der Waals surface area (Å²) < 4.78 is 34.4. The van der Waals surface area contributed by atoms with E-state index in [0.29, 0.717) is 47.1 Å². The molecule has 2 amide bonds. The van der Waals surface area contributed by atoms with Crippen molar-refractivity contribution in [1.29, 1.82) is 0 Å². The van der Waals surface area contributed by atoms with Gasteiger partial charge in [0.15, 0.2) is 0 Å². The number of fused-ring (bicyclic) bond motifs is 1. The number of nitrogens with zero attached hydrogens (tertiary/aromatic N) is 2. The van der Waals surface area contributed by atoms with E-state index >= 15 is 0 Å². The van der Waals surface area contributed by atoms with Gasteiger partial charge in [0, 0.05) is 29.7 Å². The van der Waals surface area contributed by atoms with E-state index in [-0.39, 0.29) is 17.2 Å². The molecule has 2 aromatic heterocycles. The molecule has 32 heavy (non-hydrogen) atoms. The number of halogens is 2. The van der Waals surface area contributed by atoms with Gasteiger partial charge in [-0.15, -0.1) is 11.3 Å². The van der Waals surface area contributed by atoms with Crippen LogP contribution in [0.4, 0.5) is 14.5 Å². The molecule has 0 saturated carbocycles. The number of anilines is 1. The first-order chi connectivity index (χ1) is 15.3. The summed E-state index contributed by atoms with van der Waals surface area (Å²) in [6.07, 6.45) is 0. The average molecular weight is 461 g/mol. The number of morpholine rings is 1. The SMILES string of the molecule is Cc1cc(C)c2c(NC(=O)c3ccc(OC(F)F)cc3)c(C(=O)N3CCOCC3)sc2n1. The summed E-state index contributed by atoms with van der Waals surface area (Å²) in [5.41, 5.74) is 2.35. The number of ether oxygens (including phenoxy) is 2.